The molecule has 22 heavy (non-hydrogen) atoms. The van der Waals surface area contributed by atoms with E-state index in [2.05, 4.69) is 15.9 Å². The quantitative estimate of drug-likeness (QED) is 0.755. The predicted molar refractivity (Wildman–Crippen MR) is 86.6 cm³/mol. The maximum Gasteiger partial charge on any atom is 0.238 e. The molecule has 0 fully saturated rings. The van der Waals surface area contributed by atoms with Gasteiger partial charge in [0.05, 0.1) is 14.7 Å². The van der Waals surface area contributed by atoms with E-state index in [0.29, 0.717) is 10.2 Å². The molecule has 0 atom stereocenters. The first-order chi connectivity index (χ1) is 10.0. The minimum atomic E-state index is -3.89. The summed E-state index contributed by atoms with van der Waals surface area (Å²) in [6.45, 7) is 1.48. The topological polar surface area (TPSA) is 120 Å². The van der Waals surface area contributed by atoms with E-state index in [1.165, 1.54) is 43.3 Å². The number of hydrogen-bond donors (Lipinski definition) is 2. The Morgan fingerprint density at radius 1 is 0.955 bits per heavy atom. The molecule has 0 saturated heterocycles. The van der Waals surface area contributed by atoms with Crippen LogP contribution >= 0.6 is 15.9 Å². The summed E-state index contributed by atoms with van der Waals surface area (Å²) < 4.78 is 48.5. The van der Waals surface area contributed by atoms with Crippen LogP contribution < -0.4 is 10.9 Å². The van der Waals surface area contributed by atoms with Gasteiger partial charge in [0.25, 0.3) is 0 Å². The predicted octanol–water partition coefficient (Wildman–Crippen LogP) is 1.82. The fraction of sp³-hybridized carbons (Fsp3) is 0.0769. The number of benzene rings is 2. The van der Waals surface area contributed by atoms with Crippen molar-refractivity contribution in [2.45, 2.75) is 21.6 Å². The molecular formula is C13H13BrN2O4S2. The maximum atomic E-state index is 12.6. The molecule has 118 valence electrons. The SMILES string of the molecule is Cc1cc(S(=O)(=O)c2ccc(Br)c(N)c2)ccc1S(N)(=O)=O. The second-order valence-electron chi connectivity index (χ2n) is 4.66. The highest BCUT2D eigenvalue weighted by atomic mass is 79.9. The lowest BCUT2D eigenvalue weighted by Crippen LogP contribution is -2.14. The van der Waals surface area contributed by atoms with Gasteiger partial charge in [-0.05, 0) is 64.8 Å². The molecular weight excluding hydrogens is 392 g/mol. The smallest absolute Gasteiger partial charge is 0.238 e. The molecule has 0 radical (unpaired) electrons. The number of sulfonamides is 1. The Hall–Kier alpha value is -1.42. The van der Waals surface area contributed by atoms with Gasteiger partial charge in [0, 0.05) is 10.2 Å². The summed E-state index contributed by atoms with van der Waals surface area (Å²) >= 11 is 3.19. The fourth-order valence-corrected chi connectivity index (χ4v) is 4.33. The van der Waals surface area contributed by atoms with Crippen molar-refractivity contribution in [2.75, 3.05) is 5.73 Å². The molecule has 0 heterocycles. The third kappa shape index (κ3) is 3.17. The van der Waals surface area contributed by atoms with Crippen LogP contribution in [-0.2, 0) is 19.9 Å². The van der Waals surface area contributed by atoms with Gasteiger partial charge in [-0.15, -0.1) is 0 Å². The molecule has 0 saturated carbocycles. The summed E-state index contributed by atoms with van der Waals surface area (Å²) in [5.74, 6) is 0. The Morgan fingerprint density at radius 3 is 2.00 bits per heavy atom. The molecule has 0 spiro atoms. The van der Waals surface area contributed by atoms with E-state index in [1.54, 1.807) is 0 Å². The number of sulfone groups is 1. The lowest BCUT2D eigenvalue weighted by atomic mass is 10.2. The van der Waals surface area contributed by atoms with Crippen molar-refractivity contribution in [2.24, 2.45) is 5.14 Å². The Labute approximate surface area is 137 Å². The van der Waals surface area contributed by atoms with Crippen molar-refractivity contribution in [3.63, 3.8) is 0 Å². The van der Waals surface area contributed by atoms with E-state index < -0.39 is 19.9 Å². The number of aryl methyl sites for hydroxylation is 1. The number of rotatable bonds is 3. The maximum absolute atomic E-state index is 12.6. The van der Waals surface area contributed by atoms with E-state index in [0.717, 1.165) is 0 Å². The van der Waals surface area contributed by atoms with Gasteiger partial charge in [-0.3, -0.25) is 0 Å². The van der Waals surface area contributed by atoms with Crippen molar-refractivity contribution in [3.8, 4) is 0 Å². The molecule has 6 nitrogen and oxygen atoms in total. The van der Waals surface area contributed by atoms with Crippen LogP contribution in [0.2, 0.25) is 0 Å². The highest BCUT2D eigenvalue weighted by Gasteiger charge is 2.21. The van der Waals surface area contributed by atoms with E-state index in [-0.39, 0.29) is 20.2 Å². The summed E-state index contributed by atoms with van der Waals surface area (Å²) in [4.78, 5) is -0.114. The van der Waals surface area contributed by atoms with Gasteiger partial charge in [-0.1, -0.05) is 0 Å². The number of halogens is 1. The van der Waals surface area contributed by atoms with Gasteiger partial charge in [-0.2, -0.15) is 0 Å². The van der Waals surface area contributed by atoms with Crippen molar-refractivity contribution in [1.29, 1.82) is 0 Å². The first-order valence-corrected chi connectivity index (χ1v) is 9.79. The number of hydrogen-bond acceptors (Lipinski definition) is 5. The van der Waals surface area contributed by atoms with Crippen LogP contribution in [0.3, 0.4) is 0 Å². The summed E-state index contributed by atoms with van der Waals surface area (Å²) in [7, 11) is -7.69. The number of nitrogens with two attached hydrogens (primary N) is 2. The Kier molecular flexibility index (Phi) is 4.35. The second kappa shape index (κ2) is 5.65. The Balaban J connectivity index is 2.60. The second-order valence-corrected chi connectivity index (χ2v) is 8.99. The molecule has 0 bridgehead atoms. The Bertz CT molecular complexity index is 954. The van der Waals surface area contributed by atoms with Crippen LogP contribution in [0.5, 0.6) is 0 Å². The molecule has 0 amide bonds. The van der Waals surface area contributed by atoms with Crippen LogP contribution in [0.4, 0.5) is 5.69 Å². The van der Waals surface area contributed by atoms with Crippen LogP contribution in [0, 0.1) is 6.92 Å². The van der Waals surface area contributed by atoms with Gasteiger partial charge < -0.3 is 5.73 Å². The summed E-state index contributed by atoms with van der Waals surface area (Å²) in [5.41, 5.74) is 6.25. The minimum Gasteiger partial charge on any atom is -0.398 e. The zero-order valence-electron chi connectivity index (χ0n) is 11.4. The van der Waals surface area contributed by atoms with Crippen LogP contribution in [0.1, 0.15) is 5.56 Å². The van der Waals surface area contributed by atoms with Gasteiger partial charge in [0.1, 0.15) is 0 Å². The van der Waals surface area contributed by atoms with Gasteiger partial charge in [0.2, 0.25) is 19.9 Å². The first kappa shape index (κ1) is 16.9. The van der Waals surface area contributed by atoms with Crippen LogP contribution in [-0.4, -0.2) is 16.8 Å². The largest absolute Gasteiger partial charge is 0.398 e. The zero-order valence-corrected chi connectivity index (χ0v) is 14.7. The molecule has 2 rings (SSSR count). The van der Waals surface area contributed by atoms with Gasteiger partial charge in [0.15, 0.2) is 0 Å². The molecule has 0 aliphatic rings. The number of nitrogen functional groups attached to an aromatic ring is 1. The van der Waals surface area contributed by atoms with E-state index >= 15 is 0 Å². The number of primary sulfonamides is 1. The molecule has 2 aromatic carbocycles. The van der Waals surface area contributed by atoms with Crippen molar-refractivity contribution >= 4 is 41.5 Å². The zero-order chi connectivity index (χ0) is 16.7. The average Bonchev–Trinajstić information content (AvgIpc) is 2.40. The van der Waals surface area contributed by atoms with E-state index in [4.69, 9.17) is 10.9 Å². The summed E-state index contributed by atoms with van der Waals surface area (Å²) in [5, 5.41) is 5.07. The normalized spacial score (nSPS) is 12.3. The van der Waals surface area contributed by atoms with Crippen molar-refractivity contribution in [3.05, 3.63) is 46.4 Å². The standard InChI is InChI=1S/C13H13BrN2O4S2/c1-8-6-9(3-5-13(8)22(16,19)20)21(17,18)10-2-4-11(14)12(15)7-10/h2-7H,15H2,1H3,(H2,16,19,20). The summed E-state index contributed by atoms with van der Waals surface area (Å²) in [6, 6.07) is 7.95. The van der Waals surface area contributed by atoms with E-state index in [9.17, 15) is 16.8 Å². The van der Waals surface area contributed by atoms with Crippen molar-refractivity contribution in [1.82, 2.24) is 0 Å². The average molecular weight is 405 g/mol. The molecule has 0 aliphatic heterocycles. The van der Waals surface area contributed by atoms with Gasteiger partial charge in [-0.25, -0.2) is 22.0 Å². The lowest BCUT2D eigenvalue weighted by Gasteiger charge is -2.09. The highest BCUT2D eigenvalue weighted by molar-refractivity contribution is 9.10. The molecule has 4 N–H and O–H groups in total. The third-order valence-corrected chi connectivity index (χ3v) is 6.58. The highest BCUT2D eigenvalue weighted by Crippen LogP contribution is 2.28. The summed E-state index contributed by atoms with van der Waals surface area (Å²) in [6.07, 6.45) is 0. The Morgan fingerprint density at radius 2 is 1.50 bits per heavy atom. The minimum absolute atomic E-state index is 0.0240. The first-order valence-electron chi connectivity index (χ1n) is 5.97. The molecule has 0 aliphatic carbocycles. The van der Waals surface area contributed by atoms with Crippen LogP contribution in [0.15, 0.2) is 55.6 Å². The molecule has 2 aromatic rings. The van der Waals surface area contributed by atoms with E-state index in [1.807, 2.05) is 0 Å². The molecule has 9 heteroatoms. The third-order valence-electron chi connectivity index (χ3n) is 3.04. The van der Waals surface area contributed by atoms with Crippen LogP contribution in [0.25, 0.3) is 0 Å². The van der Waals surface area contributed by atoms with Gasteiger partial charge >= 0.3 is 0 Å². The van der Waals surface area contributed by atoms with Crippen molar-refractivity contribution < 1.29 is 16.8 Å². The lowest BCUT2D eigenvalue weighted by molar-refractivity contribution is 0.592. The monoisotopic (exact) mass is 404 g/mol. The molecule has 0 aromatic heterocycles. The number of anilines is 1. The molecule has 0 unspecified atom stereocenters. The fourth-order valence-electron chi connectivity index (χ4n) is 1.93.